The Hall–Kier alpha value is -4.65. The van der Waals surface area contributed by atoms with Crippen molar-refractivity contribution in [2.45, 2.75) is 105 Å². The van der Waals surface area contributed by atoms with E-state index in [0.29, 0.717) is 23.7 Å². The lowest BCUT2D eigenvalue weighted by molar-refractivity contribution is 0.730. The highest BCUT2D eigenvalue weighted by Gasteiger charge is 2.23. The fourth-order valence-corrected chi connectivity index (χ4v) is 5.76. The molecule has 48 heavy (non-hydrogen) atoms. The van der Waals surface area contributed by atoms with Crippen molar-refractivity contribution in [1.82, 2.24) is 24.9 Å². The number of hydrogen-bond donors (Lipinski definition) is 0. The van der Waals surface area contributed by atoms with Gasteiger partial charge in [0.1, 0.15) is 34.9 Å². The maximum absolute atomic E-state index is 5.35. The van der Waals surface area contributed by atoms with Crippen LogP contribution in [0.15, 0.2) is 91.5 Å². The molecular weight excluding hydrogens is 591 g/mol. The maximum Gasteiger partial charge on any atom is 0.142 e. The smallest absolute Gasteiger partial charge is 0.142 e. The third-order valence-electron chi connectivity index (χ3n) is 9.90. The van der Waals surface area contributed by atoms with Gasteiger partial charge in [-0.1, -0.05) is 61.5 Å². The van der Waals surface area contributed by atoms with E-state index in [9.17, 15) is 0 Å². The van der Waals surface area contributed by atoms with E-state index in [1.54, 1.807) is 0 Å². The lowest BCUT2D eigenvalue weighted by Crippen LogP contribution is -2.19. The van der Waals surface area contributed by atoms with Crippen molar-refractivity contribution in [3.8, 4) is 0 Å². The van der Waals surface area contributed by atoms with Gasteiger partial charge in [0.05, 0.1) is 0 Å². The highest BCUT2D eigenvalue weighted by Crippen LogP contribution is 2.38. The van der Waals surface area contributed by atoms with Crippen LogP contribution in [-0.2, 0) is 0 Å². The van der Waals surface area contributed by atoms with Crippen LogP contribution >= 0.6 is 0 Å². The van der Waals surface area contributed by atoms with E-state index >= 15 is 0 Å². The summed E-state index contributed by atoms with van der Waals surface area (Å²) in [6.07, 6.45) is 11.7. The third-order valence-corrected chi connectivity index (χ3v) is 9.90. The molecule has 0 saturated heterocycles. The maximum atomic E-state index is 5.35. The van der Waals surface area contributed by atoms with Gasteiger partial charge in [-0.05, 0) is 132 Å². The van der Waals surface area contributed by atoms with E-state index in [2.05, 4.69) is 114 Å². The number of hydrogen-bond acceptors (Lipinski definition) is 7. The first-order valence-electron chi connectivity index (χ1n) is 17.7. The molecule has 4 unspecified atom stereocenters. The van der Waals surface area contributed by atoms with E-state index < -0.39 is 0 Å². The summed E-state index contributed by atoms with van der Waals surface area (Å²) in [6.45, 7) is 17.9. The molecule has 0 aromatic carbocycles. The van der Waals surface area contributed by atoms with Crippen LogP contribution < -0.4 is 9.80 Å². The zero-order chi connectivity index (χ0) is 34.2. The SMILES string of the molecule is CCC(C)c1ccnc(N(c2cc(C(C)CC)ccn2)c2cccc(N(c3cc(C(C)CC)ccn3)c3cc(C(C)CC)ccn3)n2)c1. The Bertz CT molecular complexity index is 1550. The molecule has 0 N–H and O–H groups in total. The van der Waals surface area contributed by atoms with Crippen molar-refractivity contribution in [3.05, 3.63) is 114 Å². The summed E-state index contributed by atoms with van der Waals surface area (Å²) in [6, 6.07) is 23.2. The number of pyridine rings is 5. The summed E-state index contributed by atoms with van der Waals surface area (Å²) in [5.74, 6) is 6.17. The van der Waals surface area contributed by atoms with Crippen molar-refractivity contribution in [2.24, 2.45) is 0 Å². The second-order valence-electron chi connectivity index (χ2n) is 13.1. The molecule has 250 valence electrons. The van der Waals surface area contributed by atoms with E-state index in [4.69, 9.17) is 24.9 Å². The normalized spacial score (nSPS) is 13.8. The second kappa shape index (κ2) is 16.0. The lowest BCUT2D eigenvalue weighted by Gasteiger charge is -2.27. The van der Waals surface area contributed by atoms with Gasteiger partial charge >= 0.3 is 0 Å². The molecule has 0 spiro atoms. The number of anilines is 6. The number of rotatable bonds is 14. The highest BCUT2D eigenvalue weighted by atomic mass is 15.3. The molecule has 5 heterocycles. The van der Waals surface area contributed by atoms with Gasteiger partial charge in [-0.3, -0.25) is 9.80 Å². The van der Waals surface area contributed by atoms with Gasteiger partial charge in [0.25, 0.3) is 0 Å². The molecule has 0 fully saturated rings. The molecule has 0 aliphatic carbocycles. The topological polar surface area (TPSA) is 70.9 Å². The van der Waals surface area contributed by atoms with Crippen LogP contribution in [0.25, 0.3) is 0 Å². The van der Waals surface area contributed by atoms with Crippen molar-refractivity contribution >= 4 is 34.9 Å². The highest BCUT2D eigenvalue weighted by molar-refractivity contribution is 5.75. The van der Waals surface area contributed by atoms with Crippen LogP contribution in [0.4, 0.5) is 34.9 Å². The standard InChI is InChI=1S/C41H51N7/c1-9-28(5)32-16-20-42-38(24-32)47(39-25-33(17-21-43-39)29(6)10-2)36-14-13-15-37(46-36)48(40-26-34(18-22-44-40)30(7)11-3)41-27-35(19-23-45-41)31(8)12-4/h13-31H,9-12H2,1-8H3. The largest absolute Gasteiger partial charge is 0.262 e. The van der Waals surface area contributed by atoms with Gasteiger partial charge < -0.3 is 0 Å². The van der Waals surface area contributed by atoms with E-state index in [0.717, 1.165) is 60.6 Å². The van der Waals surface area contributed by atoms with Gasteiger partial charge in [0.15, 0.2) is 0 Å². The summed E-state index contributed by atoms with van der Waals surface area (Å²) >= 11 is 0. The quantitative estimate of drug-likeness (QED) is 0.119. The second-order valence-corrected chi connectivity index (χ2v) is 13.1. The average Bonchev–Trinajstić information content (AvgIpc) is 3.14. The minimum atomic E-state index is 0.399. The predicted octanol–water partition coefficient (Wildman–Crippen LogP) is 11.7. The monoisotopic (exact) mass is 641 g/mol. The Morgan fingerprint density at radius 3 is 0.938 bits per heavy atom. The minimum absolute atomic E-state index is 0.399. The van der Waals surface area contributed by atoms with Gasteiger partial charge in [0.2, 0.25) is 0 Å². The van der Waals surface area contributed by atoms with E-state index in [1.807, 2.05) is 43.0 Å². The minimum Gasteiger partial charge on any atom is -0.262 e. The fraction of sp³-hybridized carbons (Fsp3) is 0.390. The van der Waals surface area contributed by atoms with Crippen molar-refractivity contribution < 1.29 is 0 Å². The molecule has 5 aromatic rings. The Labute approximate surface area is 287 Å². The van der Waals surface area contributed by atoms with Crippen LogP contribution in [0.2, 0.25) is 0 Å². The van der Waals surface area contributed by atoms with Crippen LogP contribution in [0, 0.1) is 0 Å². The summed E-state index contributed by atoms with van der Waals surface area (Å²) in [5, 5.41) is 0. The zero-order valence-electron chi connectivity index (χ0n) is 29.9. The van der Waals surface area contributed by atoms with Gasteiger partial charge in [-0.25, -0.2) is 24.9 Å². The Morgan fingerprint density at radius 1 is 0.417 bits per heavy atom. The molecule has 0 bridgehead atoms. The lowest BCUT2D eigenvalue weighted by atomic mass is 9.99. The van der Waals surface area contributed by atoms with Crippen LogP contribution in [-0.4, -0.2) is 24.9 Å². The Kier molecular flexibility index (Phi) is 11.5. The molecule has 0 radical (unpaired) electrons. The van der Waals surface area contributed by atoms with Crippen LogP contribution in [0.3, 0.4) is 0 Å². The van der Waals surface area contributed by atoms with Crippen LogP contribution in [0.1, 0.15) is 127 Å². The first-order valence-corrected chi connectivity index (χ1v) is 17.7. The van der Waals surface area contributed by atoms with Crippen molar-refractivity contribution in [2.75, 3.05) is 9.80 Å². The van der Waals surface area contributed by atoms with Crippen LogP contribution in [0.5, 0.6) is 0 Å². The van der Waals surface area contributed by atoms with Gasteiger partial charge in [0, 0.05) is 24.8 Å². The first-order chi connectivity index (χ1) is 23.3. The Morgan fingerprint density at radius 2 is 0.688 bits per heavy atom. The summed E-state index contributed by atoms with van der Waals surface area (Å²) in [5.41, 5.74) is 4.95. The third kappa shape index (κ3) is 7.73. The molecule has 5 rings (SSSR count). The molecular formula is C41H51N7. The van der Waals surface area contributed by atoms with Crippen molar-refractivity contribution in [1.29, 1.82) is 0 Å². The molecule has 7 heteroatoms. The molecule has 0 aliphatic heterocycles. The molecule has 4 atom stereocenters. The van der Waals surface area contributed by atoms with Crippen molar-refractivity contribution in [3.63, 3.8) is 0 Å². The summed E-state index contributed by atoms with van der Waals surface area (Å²) in [4.78, 5) is 29.0. The first kappa shape index (κ1) is 34.7. The van der Waals surface area contributed by atoms with E-state index in [-0.39, 0.29) is 0 Å². The molecule has 0 aliphatic rings. The van der Waals surface area contributed by atoms with Gasteiger partial charge in [-0.15, -0.1) is 0 Å². The zero-order valence-corrected chi connectivity index (χ0v) is 29.9. The Balaban J connectivity index is 1.71. The molecule has 7 nitrogen and oxygen atoms in total. The van der Waals surface area contributed by atoms with Gasteiger partial charge in [-0.2, -0.15) is 0 Å². The average molecular weight is 642 g/mol. The molecule has 5 aromatic heterocycles. The molecule has 0 amide bonds. The fourth-order valence-electron chi connectivity index (χ4n) is 5.76. The summed E-state index contributed by atoms with van der Waals surface area (Å²) < 4.78 is 0. The number of nitrogens with zero attached hydrogens (tertiary/aromatic N) is 7. The molecule has 0 saturated carbocycles. The summed E-state index contributed by atoms with van der Waals surface area (Å²) in [7, 11) is 0. The van der Waals surface area contributed by atoms with E-state index in [1.165, 1.54) is 22.3 Å². The number of aromatic nitrogens is 5. The predicted molar refractivity (Wildman–Crippen MR) is 200 cm³/mol.